The van der Waals surface area contributed by atoms with E-state index in [4.69, 9.17) is 10.2 Å². The van der Waals surface area contributed by atoms with E-state index in [1.165, 1.54) is 0 Å². The Kier molecular flexibility index (Phi) is 7.05. The summed E-state index contributed by atoms with van der Waals surface area (Å²) in [5.74, 6) is 0.781. The van der Waals surface area contributed by atoms with E-state index in [2.05, 4.69) is 68.2 Å². The molecular weight excluding hydrogens is 472 g/mol. The first kappa shape index (κ1) is 26.1. The maximum absolute atomic E-state index is 11.6. The van der Waals surface area contributed by atoms with Gasteiger partial charge in [0.25, 0.3) is 0 Å². The molecule has 0 amide bonds. The Balaban J connectivity index is 1.51. The van der Waals surface area contributed by atoms with Crippen LogP contribution in [0.25, 0.3) is 10.2 Å². The van der Waals surface area contributed by atoms with E-state index in [0.29, 0.717) is 12.8 Å². The molecule has 1 aliphatic rings. The van der Waals surface area contributed by atoms with Crippen molar-refractivity contribution in [1.82, 2.24) is 9.97 Å². The molecule has 0 aliphatic heterocycles. The lowest BCUT2D eigenvalue weighted by molar-refractivity contribution is -0.0302. The Hall–Kier alpha value is -2.00. The van der Waals surface area contributed by atoms with Crippen molar-refractivity contribution in [3.8, 4) is 0 Å². The predicted molar refractivity (Wildman–Crippen MR) is 149 cm³/mol. The minimum atomic E-state index is -1.82. The van der Waals surface area contributed by atoms with Crippen LogP contribution in [0, 0.1) is 6.92 Å². The SMILES string of the molecule is Cc1cc(N)cc([C@@H](C)Nc2ncnc3sc(C4(O)CCC(O[Si](C)(C)C(C)(C)C)CC4)cc23)c1. The molecule has 0 radical (unpaired) electrons. The molecular formula is C27H40N4O2SSi. The van der Waals surface area contributed by atoms with Gasteiger partial charge in [-0.15, -0.1) is 11.3 Å². The van der Waals surface area contributed by atoms with Gasteiger partial charge in [-0.1, -0.05) is 26.8 Å². The van der Waals surface area contributed by atoms with Crippen LogP contribution in [-0.4, -0.2) is 29.5 Å². The molecule has 6 nitrogen and oxygen atoms in total. The number of nitrogens with one attached hydrogen (secondary N) is 1. The molecule has 1 fully saturated rings. The van der Waals surface area contributed by atoms with Crippen LogP contribution < -0.4 is 11.1 Å². The fourth-order valence-electron chi connectivity index (χ4n) is 4.61. The van der Waals surface area contributed by atoms with Gasteiger partial charge in [0.15, 0.2) is 8.32 Å². The topological polar surface area (TPSA) is 93.3 Å². The molecule has 0 saturated heterocycles. The molecule has 4 rings (SSSR count). The summed E-state index contributed by atoms with van der Waals surface area (Å²) in [7, 11) is -1.82. The van der Waals surface area contributed by atoms with Crippen LogP contribution in [0.15, 0.2) is 30.6 Å². The van der Waals surface area contributed by atoms with E-state index in [0.717, 1.165) is 50.6 Å². The number of fused-ring (bicyclic) bond motifs is 1. The Labute approximate surface area is 214 Å². The molecule has 1 atom stereocenters. The predicted octanol–water partition coefficient (Wildman–Crippen LogP) is 6.91. The van der Waals surface area contributed by atoms with Gasteiger partial charge in [-0.25, -0.2) is 9.97 Å². The first-order valence-electron chi connectivity index (χ1n) is 12.6. The summed E-state index contributed by atoms with van der Waals surface area (Å²) >= 11 is 1.57. The number of hydrogen-bond donors (Lipinski definition) is 3. The van der Waals surface area contributed by atoms with Gasteiger partial charge in [0.2, 0.25) is 0 Å². The van der Waals surface area contributed by atoms with Gasteiger partial charge >= 0.3 is 0 Å². The number of nitrogens with two attached hydrogens (primary N) is 1. The van der Waals surface area contributed by atoms with E-state index in [1.807, 2.05) is 19.1 Å². The van der Waals surface area contributed by atoms with Crippen LogP contribution in [0.3, 0.4) is 0 Å². The van der Waals surface area contributed by atoms with Gasteiger partial charge in [-0.2, -0.15) is 0 Å². The molecule has 1 aromatic carbocycles. The highest BCUT2D eigenvalue weighted by Crippen LogP contribution is 2.45. The molecule has 2 heterocycles. The Morgan fingerprint density at radius 3 is 2.49 bits per heavy atom. The minimum Gasteiger partial charge on any atom is -0.414 e. The van der Waals surface area contributed by atoms with E-state index < -0.39 is 13.9 Å². The van der Waals surface area contributed by atoms with Gasteiger partial charge in [0.05, 0.1) is 17.0 Å². The molecule has 1 aliphatic carbocycles. The molecule has 0 unspecified atom stereocenters. The maximum atomic E-state index is 11.6. The highest BCUT2D eigenvalue weighted by molar-refractivity contribution is 7.18. The van der Waals surface area contributed by atoms with Gasteiger partial charge in [0, 0.05) is 16.7 Å². The smallest absolute Gasteiger partial charge is 0.192 e. The maximum Gasteiger partial charge on any atom is 0.192 e. The van der Waals surface area contributed by atoms with Crippen molar-refractivity contribution >= 4 is 41.4 Å². The van der Waals surface area contributed by atoms with E-state index in [1.54, 1.807) is 17.7 Å². The van der Waals surface area contributed by atoms with Crippen LogP contribution in [0.1, 0.15) is 75.4 Å². The number of anilines is 2. The first-order chi connectivity index (χ1) is 16.3. The quantitative estimate of drug-likeness (QED) is 0.245. The second-order valence-electron chi connectivity index (χ2n) is 11.7. The van der Waals surface area contributed by atoms with Crippen LogP contribution >= 0.6 is 11.3 Å². The van der Waals surface area contributed by atoms with Crippen molar-refractivity contribution in [2.24, 2.45) is 0 Å². The minimum absolute atomic E-state index is 0.0321. The normalized spacial score (nSPS) is 22.3. The number of thiophene rings is 1. The average Bonchev–Trinajstić information content (AvgIpc) is 3.20. The number of hydrogen-bond acceptors (Lipinski definition) is 7. The average molecular weight is 513 g/mol. The Morgan fingerprint density at radius 1 is 1.17 bits per heavy atom. The third-order valence-electron chi connectivity index (χ3n) is 7.79. The number of nitrogens with zero attached hydrogens (tertiary/aromatic N) is 2. The van der Waals surface area contributed by atoms with Gasteiger partial charge in [0.1, 0.15) is 17.0 Å². The molecule has 4 N–H and O–H groups in total. The van der Waals surface area contributed by atoms with Crippen LogP contribution in [-0.2, 0) is 10.0 Å². The largest absolute Gasteiger partial charge is 0.414 e. The second-order valence-corrected chi connectivity index (χ2v) is 17.5. The van der Waals surface area contributed by atoms with Crippen LogP contribution in [0.5, 0.6) is 0 Å². The summed E-state index contributed by atoms with van der Waals surface area (Å²) in [6, 6.07) is 8.21. The van der Waals surface area contributed by atoms with Crippen molar-refractivity contribution in [3.05, 3.63) is 46.6 Å². The molecule has 3 aromatic rings. The van der Waals surface area contributed by atoms with Crippen molar-refractivity contribution in [2.45, 2.75) is 96.2 Å². The highest BCUT2D eigenvalue weighted by atomic mass is 32.1. The molecule has 35 heavy (non-hydrogen) atoms. The monoisotopic (exact) mass is 512 g/mol. The van der Waals surface area contributed by atoms with Gasteiger partial charge in [-0.05, 0) is 87.0 Å². The summed E-state index contributed by atoms with van der Waals surface area (Å²) in [5.41, 5.74) is 8.23. The summed E-state index contributed by atoms with van der Waals surface area (Å²) < 4.78 is 6.64. The Morgan fingerprint density at radius 2 is 1.86 bits per heavy atom. The summed E-state index contributed by atoms with van der Waals surface area (Å²) in [6.07, 6.45) is 4.98. The first-order valence-corrected chi connectivity index (χ1v) is 16.3. The zero-order valence-electron chi connectivity index (χ0n) is 22.1. The lowest BCUT2D eigenvalue weighted by Gasteiger charge is -2.43. The van der Waals surface area contributed by atoms with E-state index in [9.17, 15) is 5.11 Å². The van der Waals surface area contributed by atoms with Crippen LogP contribution in [0.2, 0.25) is 18.1 Å². The number of rotatable bonds is 6. The fraction of sp³-hybridized carbons (Fsp3) is 0.556. The summed E-state index contributed by atoms with van der Waals surface area (Å²) in [4.78, 5) is 10.9. The zero-order chi connectivity index (χ0) is 25.6. The fourth-order valence-corrected chi connectivity index (χ4v) is 7.18. The van der Waals surface area contributed by atoms with Crippen molar-refractivity contribution in [3.63, 3.8) is 0 Å². The second kappa shape index (κ2) is 9.46. The standard InChI is InChI=1S/C27H40N4O2SSi/c1-17-12-19(14-20(28)13-17)18(2)31-24-22-15-23(34-25(22)30-16-29-24)27(32)10-8-21(9-11-27)33-35(6,7)26(3,4)5/h12-16,18,21,32H,8-11,28H2,1-7H3,(H,29,30,31)/t18-,21?,27?/m1/s1. The van der Waals surface area contributed by atoms with E-state index >= 15 is 0 Å². The Bertz CT molecular complexity index is 1180. The van der Waals surface area contributed by atoms with Gasteiger partial charge < -0.3 is 20.6 Å². The number of aryl methyl sites for hydroxylation is 1. The third-order valence-corrected chi connectivity index (χ3v) is 13.6. The van der Waals surface area contributed by atoms with E-state index in [-0.39, 0.29) is 17.2 Å². The number of aliphatic hydroxyl groups is 1. The van der Waals surface area contributed by atoms with Crippen molar-refractivity contribution in [2.75, 3.05) is 11.1 Å². The molecule has 8 heteroatoms. The number of benzene rings is 1. The van der Waals surface area contributed by atoms with Crippen molar-refractivity contribution < 1.29 is 9.53 Å². The summed E-state index contributed by atoms with van der Waals surface area (Å²) in [6.45, 7) is 15.6. The van der Waals surface area contributed by atoms with Gasteiger partial charge in [-0.3, -0.25) is 0 Å². The number of nitrogen functional groups attached to an aromatic ring is 1. The number of aromatic nitrogens is 2. The molecule has 2 aromatic heterocycles. The lowest BCUT2D eigenvalue weighted by atomic mass is 9.82. The molecule has 0 spiro atoms. The molecule has 0 bridgehead atoms. The highest BCUT2D eigenvalue weighted by Gasteiger charge is 2.42. The molecule has 190 valence electrons. The third kappa shape index (κ3) is 5.55. The summed E-state index contributed by atoms with van der Waals surface area (Å²) in [5, 5.41) is 16.3. The lowest BCUT2D eigenvalue weighted by Crippen LogP contribution is -2.46. The van der Waals surface area contributed by atoms with Crippen molar-refractivity contribution in [1.29, 1.82) is 0 Å². The van der Waals surface area contributed by atoms with Crippen LogP contribution in [0.4, 0.5) is 11.5 Å². The molecule has 1 saturated carbocycles. The zero-order valence-corrected chi connectivity index (χ0v) is 23.9.